The summed E-state index contributed by atoms with van der Waals surface area (Å²) in [6, 6.07) is 64.7. The molecule has 0 aliphatic heterocycles. The van der Waals surface area contributed by atoms with E-state index in [1.165, 1.54) is 33.4 Å². The van der Waals surface area contributed by atoms with Crippen molar-refractivity contribution in [1.82, 2.24) is 19.9 Å². The van der Waals surface area contributed by atoms with Crippen molar-refractivity contribution in [3.63, 3.8) is 0 Å². The maximum atomic E-state index is 5.32. The Morgan fingerprint density at radius 3 is 1.46 bits per heavy atom. The van der Waals surface area contributed by atoms with E-state index in [0.29, 0.717) is 0 Å². The molecule has 4 nitrogen and oxygen atoms in total. The number of hydrogen-bond acceptors (Lipinski definition) is 4. The molecule has 4 heteroatoms. The van der Waals surface area contributed by atoms with Crippen molar-refractivity contribution in [1.29, 1.82) is 0 Å². The van der Waals surface area contributed by atoms with Crippen LogP contribution in [0.3, 0.4) is 0 Å². The number of benzene rings is 6. The second-order valence-corrected chi connectivity index (χ2v) is 14.7. The zero-order valence-electron chi connectivity index (χ0n) is 30.9. The fraction of sp³-hybridized carbons (Fsp3) is 0.0189. The molecule has 0 atom stereocenters. The Bertz CT molecular complexity index is 3080. The van der Waals surface area contributed by atoms with Crippen molar-refractivity contribution in [3.05, 3.63) is 229 Å². The van der Waals surface area contributed by atoms with Crippen molar-refractivity contribution in [3.8, 4) is 55.9 Å². The lowest BCUT2D eigenvalue weighted by Gasteiger charge is -2.33. The second-order valence-electron chi connectivity index (χ2n) is 14.7. The van der Waals surface area contributed by atoms with Gasteiger partial charge in [0.1, 0.15) is 0 Å². The molecule has 0 spiro atoms. The zero-order valence-corrected chi connectivity index (χ0v) is 30.9. The predicted molar refractivity (Wildman–Crippen MR) is 232 cm³/mol. The monoisotopic (exact) mass is 726 g/mol. The molecule has 11 rings (SSSR count). The highest BCUT2D eigenvalue weighted by Crippen LogP contribution is 2.56. The first-order chi connectivity index (χ1) is 28.2. The quantitative estimate of drug-likeness (QED) is 0.160. The number of fused-ring (bicyclic) bond motifs is 6. The molecule has 0 fully saturated rings. The number of nitrogens with zero attached hydrogens (tertiary/aromatic N) is 4. The molecular weight excluding hydrogens is 693 g/mol. The first kappa shape index (κ1) is 32.8. The van der Waals surface area contributed by atoms with Gasteiger partial charge < -0.3 is 0 Å². The summed E-state index contributed by atoms with van der Waals surface area (Å²) in [7, 11) is 0. The number of hydrogen-bond donors (Lipinski definition) is 0. The van der Waals surface area contributed by atoms with Crippen LogP contribution in [-0.4, -0.2) is 19.9 Å². The van der Waals surface area contributed by atoms with E-state index in [1.54, 1.807) is 0 Å². The Balaban J connectivity index is 1.02. The van der Waals surface area contributed by atoms with Gasteiger partial charge >= 0.3 is 0 Å². The van der Waals surface area contributed by atoms with Gasteiger partial charge in [-0.3, -0.25) is 9.97 Å². The van der Waals surface area contributed by atoms with Gasteiger partial charge in [0.25, 0.3) is 0 Å². The van der Waals surface area contributed by atoms with Gasteiger partial charge in [0.15, 0.2) is 0 Å². The van der Waals surface area contributed by atoms with Crippen LogP contribution < -0.4 is 0 Å². The van der Waals surface area contributed by atoms with Crippen LogP contribution >= 0.6 is 0 Å². The van der Waals surface area contributed by atoms with Gasteiger partial charge in [-0.05, 0) is 98.1 Å². The van der Waals surface area contributed by atoms with Crippen LogP contribution in [0.2, 0.25) is 0 Å². The summed E-state index contributed by atoms with van der Waals surface area (Å²) in [4.78, 5) is 19.8. The van der Waals surface area contributed by atoms with Crippen LogP contribution in [-0.2, 0) is 5.41 Å². The molecule has 1 aliphatic carbocycles. The lowest BCUT2D eigenvalue weighted by atomic mass is 9.68. The van der Waals surface area contributed by atoms with Crippen molar-refractivity contribution in [2.24, 2.45) is 0 Å². The first-order valence-corrected chi connectivity index (χ1v) is 19.3. The number of pyridine rings is 4. The van der Waals surface area contributed by atoms with E-state index in [4.69, 9.17) is 9.97 Å². The molecule has 0 radical (unpaired) electrons. The van der Waals surface area contributed by atoms with Crippen LogP contribution in [0.1, 0.15) is 22.3 Å². The molecule has 0 bridgehead atoms. The average molecular weight is 727 g/mol. The molecule has 0 saturated carbocycles. The van der Waals surface area contributed by atoms with Gasteiger partial charge in [0.2, 0.25) is 0 Å². The Morgan fingerprint density at radius 2 is 0.842 bits per heavy atom. The minimum Gasteiger partial charge on any atom is -0.264 e. The van der Waals surface area contributed by atoms with Crippen LogP contribution in [0.4, 0.5) is 0 Å². The summed E-state index contributed by atoms with van der Waals surface area (Å²) in [6.07, 6.45) is 7.68. The molecule has 0 unspecified atom stereocenters. The van der Waals surface area contributed by atoms with E-state index < -0.39 is 5.41 Å². The van der Waals surface area contributed by atoms with Gasteiger partial charge in [-0.1, -0.05) is 140 Å². The molecule has 4 heterocycles. The SMILES string of the molecule is c1ccc(-c2cccc(-c3ccc4ccc5ccc(-c6cccc(-c7ccc8c(c7)C(c7cccnc7)(c7cccnc7)c7ccccc7-8)c6)nc5c4n3)c2)cc1. The molecule has 4 aromatic heterocycles. The Hall–Kier alpha value is -7.56. The predicted octanol–water partition coefficient (Wildman–Crippen LogP) is 12.6. The van der Waals surface area contributed by atoms with Gasteiger partial charge in [0, 0.05) is 46.7 Å². The normalized spacial score (nSPS) is 12.7. The molecule has 10 aromatic rings. The topological polar surface area (TPSA) is 51.6 Å². The van der Waals surface area contributed by atoms with Crippen molar-refractivity contribution < 1.29 is 0 Å². The lowest BCUT2D eigenvalue weighted by molar-refractivity contribution is 0.757. The van der Waals surface area contributed by atoms with Crippen molar-refractivity contribution in [2.45, 2.75) is 5.41 Å². The van der Waals surface area contributed by atoms with E-state index in [-0.39, 0.29) is 0 Å². The van der Waals surface area contributed by atoms with E-state index >= 15 is 0 Å². The maximum absolute atomic E-state index is 5.32. The van der Waals surface area contributed by atoms with Gasteiger partial charge in [-0.2, -0.15) is 0 Å². The van der Waals surface area contributed by atoms with Gasteiger partial charge in [-0.15, -0.1) is 0 Å². The molecule has 1 aliphatic rings. The van der Waals surface area contributed by atoms with Crippen molar-refractivity contribution in [2.75, 3.05) is 0 Å². The molecule has 0 saturated heterocycles. The number of aromatic nitrogens is 4. The van der Waals surface area contributed by atoms with Crippen LogP contribution in [0, 0.1) is 0 Å². The highest BCUT2D eigenvalue weighted by Gasteiger charge is 2.46. The van der Waals surface area contributed by atoms with Crippen LogP contribution in [0.25, 0.3) is 77.7 Å². The van der Waals surface area contributed by atoms with Crippen molar-refractivity contribution >= 4 is 21.8 Å². The minimum absolute atomic E-state index is 0.572. The van der Waals surface area contributed by atoms with Gasteiger partial charge in [-0.25, -0.2) is 9.97 Å². The Morgan fingerprint density at radius 1 is 0.333 bits per heavy atom. The second kappa shape index (κ2) is 13.3. The smallest absolute Gasteiger partial charge is 0.0972 e. The summed E-state index contributed by atoms with van der Waals surface area (Å²) in [6.45, 7) is 0. The van der Waals surface area contributed by atoms with E-state index in [2.05, 4.69) is 174 Å². The highest BCUT2D eigenvalue weighted by molar-refractivity contribution is 6.04. The minimum atomic E-state index is -0.572. The van der Waals surface area contributed by atoms with E-state index in [9.17, 15) is 0 Å². The third-order valence-corrected chi connectivity index (χ3v) is 11.5. The molecular formula is C53H34N4. The molecule has 0 N–H and O–H groups in total. The van der Waals surface area contributed by atoms with E-state index in [0.717, 1.165) is 66.6 Å². The molecule has 266 valence electrons. The standard InChI is InChI=1S/C53H34N4/c1-2-10-35(11-3-1)38-12-6-14-41(30-38)49-26-23-36-20-21-37-24-27-50(57-52(37)51(36)56-49)42-15-7-13-39(31-42)40-22-25-46-45-18-4-5-19-47(45)53(48(46)32-40,43-16-8-28-54-33-43)44-17-9-29-55-34-44/h1-34H. The molecule has 6 aromatic carbocycles. The summed E-state index contributed by atoms with van der Waals surface area (Å²) >= 11 is 0. The summed E-state index contributed by atoms with van der Waals surface area (Å²) in [5.41, 5.74) is 16.9. The van der Waals surface area contributed by atoms with E-state index in [1.807, 2.05) is 43.0 Å². The Kier molecular flexibility index (Phi) is 7.68. The lowest BCUT2D eigenvalue weighted by Crippen LogP contribution is -2.29. The molecule has 0 amide bonds. The maximum Gasteiger partial charge on any atom is 0.0972 e. The average Bonchev–Trinajstić information content (AvgIpc) is 3.60. The van der Waals surface area contributed by atoms with Crippen LogP contribution in [0.5, 0.6) is 0 Å². The fourth-order valence-electron chi connectivity index (χ4n) is 8.85. The first-order valence-electron chi connectivity index (χ1n) is 19.3. The largest absolute Gasteiger partial charge is 0.264 e. The summed E-state index contributed by atoms with van der Waals surface area (Å²) in [5.74, 6) is 0. The summed E-state index contributed by atoms with van der Waals surface area (Å²) < 4.78 is 0. The third-order valence-electron chi connectivity index (χ3n) is 11.5. The fourth-order valence-corrected chi connectivity index (χ4v) is 8.85. The Labute approximate surface area is 330 Å². The molecule has 57 heavy (non-hydrogen) atoms. The van der Waals surface area contributed by atoms with Gasteiger partial charge in [0.05, 0.1) is 27.8 Å². The third kappa shape index (κ3) is 5.37. The van der Waals surface area contributed by atoms with Crippen LogP contribution in [0.15, 0.2) is 207 Å². The number of rotatable bonds is 6. The summed E-state index contributed by atoms with van der Waals surface area (Å²) in [5, 5.41) is 2.12. The zero-order chi connectivity index (χ0) is 37.8. The highest BCUT2D eigenvalue weighted by atomic mass is 14.8.